The summed E-state index contributed by atoms with van der Waals surface area (Å²) in [5, 5.41) is 2.78. The zero-order chi connectivity index (χ0) is 19.0. The van der Waals surface area contributed by atoms with Gasteiger partial charge in [0.05, 0.1) is 29.3 Å². The number of nitrogens with one attached hydrogen (secondary N) is 2. The van der Waals surface area contributed by atoms with E-state index in [1.807, 2.05) is 19.9 Å². The predicted molar refractivity (Wildman–Crippen MR) is 104 cm³/mol. The summed E-state index contributed by atoms with van der Waals surface area (Å²) in [4.78, 5) is 12.7. The third kappa shape index (κ3) is 5.49. The number of benzene rings is 2. The number of carbonyl (C=O) groups is 1. The second-order valence-electron chi connectivity index (χ2n) is 5.70. The quantitative estimate of drug-likeness (QED) is 0.695. The van der Waals surface area contributed by atoms with E-state index in [1.165, 1.54) is 0 Å². The number of hydrogen-bond acceptors (Lipinski definition) is 4. The molecule has 0 saturated heterocycles. The molecule has 0 radical (unpaired) electrons. The van der Waals surface area contributed by atoms with Crippen LogP contribution in [-0.4, -0.2) is 26.7 Å². The van der Waals surface area contributed by atoms with Gasteiger partial charge >= 0.3 is 0 Å². The molecule has 26 heavy (non-hydrogen) atoms. The van der Waals surface area contributed by atoms with Crippen molar-refractivity contribution in [1.29, 1.82) is 0 Å². The summed E-state index contributed by atoms with van der Waals surface area (Å²) < 4.78 is 32.3. The molecule has 2 N–H and O–H groups in total. The Morgan fingerprint density at radius 2 is 1.65 bits per heavy atom. The van der Waals surface area contributed by atoms with Crippen molar-refractivity contribution < 1.29 is 17.9 Å². The van der Waals surface area contributed by atoms with Crippen molar-refractivity contribution >= 4 is 27.3 Å². The first-order valence-electron chi connectivity index (χ1n) is 8.59. The summed E-state index contributed by atoms with van der Waals surface area (Å²) in [6.45, 7) is 4.26. The van der Waals surface area contributed by atoms with E-state index in [9.17, 15) is 13.2 Å². The lowest BCUT2D eigenvalue weighted by Crippen LogP contribution is -2.20. The number of carbonyl (C=O) groups excluding carboxylic acids is 1. The molecule has 0 aliphatic rings. The van der Waals surface area contributed by atoms with E-state index in [2.05, 4.69) is 10.0 Å². The van der Waals surface area contributed by atoms with Crippen molar-refractivity contribution in [2.45, 2.75) is 26.7 Å². The van der Waals surface area contributed by atoms with Crippen LogP contribution in [0.3, 0.4) is 0 Å². The van der Waals surface area contributed by atoms with Crippen LogP contribution >= 0.6 is 0 Å². The molecular formula is C19H24N2O4S. The third-order valence-corrected chi connectivity index (χ3v) is 5.00. The molecule has 7 heteroatoms. The van der Waals surface area contributed by atoms with Gasteiger partial charge in [-0.25, -0.2) is 8.42 Å². The van der Waals surface area contributed by atoms with Crippen molar-refractivity contribution in [3.05, 3.63) is 54.1 Å². The lowest BCUT2D eigenvalue weighted by Gasteiger charge is -2.14. The monoisotopic (exact) mass is 376 g/mol. The van der Waals surface area contributed by atoms with E-state index in [0.717, 1.165) is 6.42 Å². The molecule has 6 nitrogen and oxygen atoms in total. The van der Waals surface area contributed by atoms with E-state index in [-0.39, 0.29) is 17.0 Å². The van der Waals surface area contributed by atoms with E-state index < -0.39 is 15.9 Å². The Balaban J connectivity index is 2.23. The molecule has 2 rings (SSSR count). The molecule has 0 spiro atoms. The average molecular weight is 376 g/mol. The minimum atomic E-state index is -3.50. The Morgan fingerprint density at radius 3 is 2.35 bits per heavy atom. The second-order valence-corrected chi connectivity index (χ2v) is 7.55. The van der Waals surface area contributed by atoms with E-state index in [1.54, 1.807) is 42.5 Å². The van der Waals surface area contributed by atoms with Crippen molar-refractivity contribution in [3.8, 4) is 5.75 Å². The molecule has 0 aromatic heterocycles. The Hall–Kier alpha value is -2.54. The van der Waals surface area contributed by atoms with Crippen LogP contribution in [0.2, 0.25) is 0 Å². The zero-order valence-electron chi connectivity index (χ0n) is 15.0. The number of ether oxygens (including phenoxy) is 1. The maximum absolute atomic E-state index is 12.7. The molecule has 0 aliphatic heterocycles. The van der Waals surface area contributed by atoms with E-state index in [4.69, 9.17) is 4.74 Å². The largest absolute Gasteiger partial charge is 0.492 e. The van der Waals surface area contributed by atoms with Crippen molar-refractivity contribution in [2.75, 3.05) is 22.4 Å². The fourth-order valence-electron chi connectivity index (χ4n) is 2.36. The van der Waals surface area contributed by atoms with Crippen LogP contribution in [0.25, 0.3) is 0 Å². The van der Waals surface area contributed by atoms with Gasteiger partial charge < -0.3 is 10.1 Å². The molecule has 0 atom stereocenters. The van der Waals surface area contributed by atoms with Crippen LogP contribution < -0.4 is 14.8 Å². The summed E-state index contributed by atoms with van der Waals surface area (Å²) in [7, 11) is -3.50. The fourth-order valence-corrected chi connectivity index (χ4v) is 3.65. The minimum absolute atomic E-state index is 0.0205. The molecule has 0 saturated carbocycles. The number of amides is 1. The Bertz CT molecular complexity index is 850. The van der Waals surface area contributed by atoms with Gasteiger partial charge in [-0.1, -0.05) is 37.6 Å². The first-order valence-corrected chi connectivity index (χ1v) is 10.2. The first kappa shape index (κ1) is 19.8. The highest BCUT2D eigenvalue weighted by Gasteiger charge is 2.17. The smallest absolute Gasteiger partial charge is 0.257 e. The van der Waals surface area contributed by atoms with Gasteiger partial charge in [0, 0.05) is 0 Å². The van der Waals surface area contributed by atoms with E-state index >= 15 is 0 Å². The van der Waals surface area contributed by atoms with Crippen molar-refractivity contribution in [1.82, 2.24) is 0 Å². The Kier molecular flexibility index (Phi) is 7.03. The molecule has 0 heterocycles. The molecule has 2 aromatic rings. The number of rotatable bonds is 9. The van der Waals surface area contributed by atoms with Crippen molar-refractivity contribution in [2.24, 2.45) is 0 Å². The maximum atomic E-state index is 12.7. The number of unbranched alkanes of at least 4 members (excludes halogenated alkanes) is 1. The normalized spacial score (nSPS) is 11.0. The van der Waals surface area contributed by atoms with Crippen LogP contribution in [0.5, 0.6) is 5.75 Å². The summed E-state index contributed by atoms with van der Waals surface area (Å²) >= 11 is 0. The number of hydrogen-bond donors (Lipinski definition) is 2. The Labute approximate surface area is 154 Å². The molecule has 2 aromatic carbocycles. The highest BCUT2D eigenvalue weighted by Crippen LogP contribution is 2.26. The maximum Gasteiger partial charge on any atom is 0.257 e. The summed E-state index contributed by atoms with van der Waals surface area (Å²) in [6, 6.07) is 13.6. The fraction of sp³-hybridized carbons (Fsp3) is 0.316. The van der Waals surface area contributed by atoms with Crippen LogP contribution in [0.1, 0.15) is 37.0 Å². The molecular weight excluding hydrogens is 352 g/mol. The van der Waals surface area contributed by atoms with E-state index in [0.29, 0.717) is 24.5 Å². The van der Waals surface area contributed by atoms with Crippen molar-refractivity contribution in [3.63, 3.8) is 0 Å². The lowest BCUT2D eigenvalue weighted by molar-refractivity contribution is 0.102. The van der Waals surface area contributed by atoms with Gasteiger partial charge in [0.1, 0.15) is 5.75 Å². The lowest BCUT2D eigenvalue weighted by atomic mass is 10.1. The molecule has 0 aliphatic carbocycles. The Morgan fingerprint density at radius 1 is 1.00 bits per heavy atom. The second kappa shape index (κ2) is 9.24. The first-order chi connectivity index (χ1) is 12.5. The molecule has 140 valence electrons. The third-order valence-electron chi connectivity index (χ3n) is 3.64. The molecule has 1 amide bonds. The highest BCUT2D eigenvalue weighted by atomic mass is 32.2. The topological polar surface area (TPSA) is 84.5 Å². The van der Waals surface area contributed by atoms with Gasteiger partial charge in [0.15, 0.2) is 0 Å². The molecule has 0 fully saturated rings. The standard InChI is InChI=1S/C19H24N2O4S/c1-3-5-14-26(23,24)21-16-11-7-6-10-15(16)19(22)20-17-12-8-9-13-18(17)25-4-2/h6-13,21H,3-5,14H2,1-2H3,(H,20,22). The van der Waals surface area contributed by atoms with Gasteiger partial charge in [0.2, 0.25) is 10.0 Å². The van der Waals surface area contributed by atoms with Gasteiger partial charge in [-0.15, -0.1) is 0 Å². The van der Waals surface area contributed by atoms with Crippen LogP contribution in [0, 0.1) is 0 Å². The summed E-state index contributed by atoms with van der Waals surface area (Å²) in [5.74, 6) is 0.169. The van der Waals surface area contributed by atoms with Gasteiger partial charge in [0.25, 0.3) is 5.91 Å². The molecule has 0 bridgehead atoms. The number of anilines is 2. The molecule has 0 unspecified atom stereocenters. The number of sulfonamides is 1. The van der Waals surface area contributed by atoms with Gasteiger partial charge in [-0.2, -0.15) is 0 Å². The van der Waals surface area contributed by atoms with Gasteiger partial charge in [-0.05, 0) is 37.6 Å². The predicted octanol–water partition coefficient (Wildman–Crippen LogP) is 3.88. The summed E-state index contributed by atoms with van der Waals surface area (Å²) in [6.07, 6.45) is 1.34. The number of para-hydroxylation sites is 3. The average Bonchev–Trinajstić information content (AvgIpc) is 2.62. The van der Waals surface area contributed by atoms with Crippen LogP contribution in [0.4, 0.5) is 11.4 Å². The highest BCUT2D eigenvalue weighted by molar-refractivity contribution is 7.92. The summed E-state index contributed by atoms with van der Waals surface area (Å²) in [5.41, 5.74) is 1.04. The van der Waals surface area contributed by atoms with Crippen LogP contribution in [-0.2, 0) is 10.0 Å². The van der Waals surface area contributed by atoms with Gasteiger partial charge in [-0.3, -0.25) is 9.52 Å². The van der Waals surface area contributed by atoms with Crippen LogP contribution in [0.15, 0.2) is 48.5 Å². The minimum Gasteiger partial charge on any atom is -0.492 e. The zero-order valence-corrected chi connectivity index (χ0v) is 15.8. The SMILES string of the molecule is CCCCS(=O)(=O)Nc1ccccc1C(=O)Nc1ccccc1OCC.